The van der Waals surface area contributed by atoms with Gasteiger partial charge in [0.05, 0.1) is 11.5 Å². The van der Waals surface area contributed by atoms with Crippen LogP contribution in [0.1, 0.15) is 11.1 Å². The predicted octanol–water partition coefficient (Wildman–Crippen LogP) is 2.51. The highest BCUT2D eigenvalue weighted by Gasteiger charge is 2.19. The van der Waals surface area contributed by atoms with E-state index in [-0.39, 0.29) is 25.0 Å². The molecule has 1 aliphatic rings. The number of nitrogens with one attached hydrogen (secondary N) is 1. The summed E-state index contributed by atoms with van der Waals surface area (Å²) >= 11 is 0. The zero-order chi connectivity index (χ0) is 16.9. The first-order chi connectivity index (χ1) is 11.6. The number of amides is 1. The minimum Gasteiger partial charge on any atom is -0.467 e. The predicted molar refractivity (Wildman–Crippen MR) is 85.3 cm³/mol. The van der Waals surface area contributed by atoms with E-state index in [0.29, 0.717) is 22.6 Å². The fourth-order valence-corrected chi connectivity index (χ4v) is 2.25. The Morgan fingerprint density at radius 2 is 2.12 bits per heavy atom. The van der Waals surface area contributed by atoms with Crippen LogP contribution in [0.15, 0.2) is 42.7 Å². The number of non-ortho nitro benzene ring substituents is 1. The number of hydrogen-bond acceptors (Lipinski definition) is 6. The van der Waals surface area contributed by atoms with Gasteiger partial charge in [-0.15, -0.1) is 0 Å². The molecule has 0 radical (unpaired) electrons. The topological polar surface area (TPSA) is 104 Å². The number of rotatable bonds is 4. The van der Waals surface area contributed by atoms with Crippen molar-refractivity contribution in [1.29, 1.82) is 0 Å². The average Bonchev–Trinajstić information content (AvgIpc) is 2.60. The van der Waals surface area contributed by atoms with Gasteiger partial charge in [0.15, 0.2) is 6.79 Å². The van der Waals surface area contributed by atoms with Crippen LogP contribution in [0.2, 0.25) is 0 Å². The van der Waals surface area contributed by atoms with Crippen LogP contribution in [-0.2, 0) is 16.1 Å². The Kier molecular flexibility index (Phi) is 4.48. The van der Waals surface area contributed by atoms with Crippen molar-refractivity contribution in [2.24, 2.45) is 0 Å². The normalized spacial score (nSPS) is 13.2. The van der Waals surface area contributed by atoms with Gasteiger partial charge >= 0.3 is 0 Å². The Hall–Kier alpha value is -3.26. The lowest BCUT2D eigenvalue weighted by Gasteiger charge is -2.19. The second kappa shape index (κ2) is 6.88. The minimum atomic E-state index is -0.497. The molecule has 24 heavy (non-hydrogen) atoms. The molecule has 0 unspecified atom stereocenters. The molecule has 8 heteroatoms. The number of nitro groups is 1. The molecule has 1 aromatic heterocycles. The number of nitrogens with zero attached hydrogens (tertiary/aromatic N) is 2. The molecular weight excluding hydrogens is 314 g/mol. The van der Waals surface area contributed by atoms with Crippen molar-refractivity contribution >= 4 is 23.4 Å². The lowest BCUT2D eigenvalue weighted by Crippen LogP contribution is -2.13. The zero-order valence-electron chi connectivity index (χ0n) is 12.5. The number of aromatic nitrogens is 1. The Labute approximate surface area is 136 Å². The van der Waals surface area contributed by atoms with Gasteiger partial charge in [-0.05, 0) is 18.2 Å². The molecule has 1 aliphatic heterocycles. The van der Waals surface area contributed by atoms with Crippen molar-refractivity contribution in [3.8, 4) is 5.75 Å². The summed E-state index contributed by atoms with van der Waals surface area (Å²) in [4.78, 5) is 26.4. The lowest BCUT2D eigenvalue weighted by atomic mass is 10.1. The SMILES string of the molecule is O=C(C=Cc1cc([N+](=O)[O-])cc2c1OCOC2)Nc1ccncc1. The molecule has 8 nitrogen and oxygen atoms in total. The van der Waals surface area contributed by atoms with Crippen molar-refractivity contribution < 1.29 is 19.2 Å². The van der Waals surface area contributed by atoms with Crippen molar-refractivity contribution in [2.45, 2.75) is 6.61 Å². The first-order valence-electron chi connectivity index (χ1n) is 7.04. The standard InChI is InChI=1S/C16H13N3O5/c20-15(18-13-3-5-17-6-4-13)2-1-11-7-14(19(21)22)8-12-9-23-10-24-16(11)12/h1-8H,9-10H2,(H,17,18,20). The molecule has 0 saturated heterocycles. The number of ether oxygens (including phenoxy) is 2. The monoisotopic (exact) mass is 327 g/mol. The first kappa shape index (κ1) is 15.6. The third-order valence-corrected chi connectivity index (χ3v) is 3.30. The Morgan fingerprint density at radius 3 is 2.88 bits per heavy atom. The highest BCUT2D eigenvalue weighted by atomic mass is 16.7. The molecule has 122 valence electrons. The number of nitro benzene ring substituents is 1. The van der Waals surface area contributed by atoms with Crippen LogP contribution in [0.5, 0.6) is 5.75 Å². The maximum Gasteiger partial charge on any atom is 0.270 e. The Balaban J connectivity index is 1.84. The number of carbonyl (C=O) groups is 1. The van der Waals surface area contributed by atoms with E-state index in [0.717, 1.165) is 0 Å². The molecule has 1 amide bonds. The maximum absolute atomic E-state index is 12.0. The number of hydrogen-bond donors (Lipinski definition) is 1. The molecular formula is C16H13N3O5. The summed E-state index contributed by atoms with van der Waals surface area (Å²) in [6.07, 6.45) is 5.89. The smallest absolute Gasteiger partial charge is 0.270 e. The number of benzene rings is 1. The van der Waals surface area contributed by atoms with E-state index in [9.17, 15) is 14.9 Å². The van der Waals surface area contributed by atoms with E-state index >= 15 is 0 Å². The Morgan fingerprint density at radius 1 is 1.33 bits per heavy atom. The van der Waals surface area contributed by atoms with Crippen molar-refractivity contribution in [3.63, 3.8) is 0 Å². The highest BCUT2D eigenvalue weighted by molar-refractivity contribution is 6.02. The minimum absolute atomic E-state index is 0.0643. The van der Waals surface area contributed by atoms with Gasteiger partial charge in [-0.25, -0.2) is 0 Å². The first-order valence-corrected chi connectivity index (χ1v) is 7.04. The van der Waals surface area contributed by atoms with Gasteiger partial charge in [-0.1, -0.05) is 0 Å². The molecule has 2 heterocycles. The van der Waals surface area contributed by atoms with E-state index in [1.54, 1.807) is 24.5 Å². The van der Waals surface area contributed by atoms with Crippen molar-refractivity contribution in [1.82, 2.24) is 4.98 Å². The molecule has 0 spiro atoms. The number of pyridine rings is 1. The van der Waals surface area contributed by atoms with Crippen LogP contribution in [0.3, 0.4) is 0 Å². The molecule has 1 aromatic carbocycles. The summed E-state index contributed by atoms with van der Waals surface area (Å²) in [7, 11) is 0. The van der Waals surface area contributed by atoms with E-state index in [4.69, 9.17) is 9.47 Å². The molecule has 0 saturated carbocycles. The van der Waals surface area contributed by atoms with Gasteiger partial charge in [-0.2, -0.15) is 0 Å². The highest BCUT2D eigenvalue weighted by Crippen LogP contribution is 2.33. The van der Waals surface area contributed by atoms with Gasteiger partial charge in [-0.3, -0.25) is 19.9 Å². The van der Waals surface area contributed by atoms with E-state index in [2.05, 4.69) is 10.3 Å². The number of fused-ring (bicyclic) bond motifs is 1. The molecule has 3 rings (SSSR count). The lowest BCUT2D eigenvalue weighted by molar-refractivity contribution is -0.385. The fraction of sp³-hybridized carbons (Fsp3) is 0.125. The van der Waals surface area contributed by atoms with E-state index in [1.165, 1.54) is 24.3 Å². The molecule has 0 fully saturated rings. The number of anilines is 1. The molecule has 0 atom stereocenters. The van der Waals surface area contributed by atoms with Gasteiger partial charge in [0.1, 0.15) is 5.75 Å². The van der Waals surface area contributed by atoms with Crippen molar-refractivity contribution in [2.75, 3.05) is 12.1 Å². The van der Waals surface area contributed by atoms with Gasteiger partial charge in [0.25, 0.3) is 5.69 Å². The van der Waals surface area contributed by atoms with Crippen LogP contribution in [-0.4, -0.2) is 22.6 Å². The Bertz CT molecular complexity index is 805. The van der Waals surface area contributed by atoms with Crippen LogP contribution >= 0.6 is 0 Å². The summed E-state index contributed by atoms with van der Waals surface area (Å²) < 4.78 is 10.5. The summed E-state index contributed by atoms with van der Waals surface area (Å²) in [6, 6.07) is 6.08. The van der Waals surface area contributed by atoms with Crippen LogP contribution < -0.4 is 10.1 Å². The van der Waals surface area contributed by atoms with Crippen LogP contribution in [0.4, 0.5) is 11.4 Å². The second-order valence-corrected chi connectivity index (χ2v) is 4.95. The van der Waals surface area contributed by atoms with Gasteiger partial charge in [0.2, 0.25) is 5.91 Å². The quantitative estimate of drug-likeness (QED) is 0.526. The summed E-state index contributed by atoms with van der Waals surface area (Å²) in [5.74, 6) is 0.119. The van der Waals surface area contributed by atoms with E-state index in [1.807, 2.05) is 0 Å². The van der Waals surface area contributed by atoms with Crippen LogP contribution in [0, 0.1) is 10.1 Å². The molecule has 2 aromatic rings. The largest absolute Gasteiger partial charge is 0.467 e. The molecule has 1 N–H and O–H groups in total. The third-order valence-electron chi connectivity index (χ3n) is 3.30. The fourth-order valence-electron chi connectivity index (χ4n) is 2.25. The average molecular weight is 327 g/mol. The second-order valence-electron chi connectivity index (χ2n) is 4.95. The summed E-state index contributed by atoms with van der Waals surface area (Å²) in [5, 5.41) is 13.7. The third kappa shape index (κ3) is 3.55. The van der Waals surface area contributed by atoms with E-state index < -0.39 is 4.92 Å². The number of carbonyl (C=O) groups excluding carboxylic acids is 1. The van der Waals surface area contributed by atoms with Gasteiger partial charge < -0.3 is 14.8 Å². The maximum atomic E-state index is 12.0. The van der Waals surface area contributed by atoms with Crippen LogP contribution in [0.25, 0.3) is 6.08 Å². The summed E-state index contributed by atoms with van der Waals surface area (Å²) in [6.45, 7) is 0.288. The van der Waals surface area contributed by atoms with Crippen molar-refractivity contribution in [3.05, 3.63) is 64.0 Å². The summed E-state index contributed by atoms with van der Waals surface area (Å²) in [5.41, 5.74) is 1.54. The molecule has 0 bridgehead atoms. The van der Waals surface area contributed by atoms with Gasteiger partial charge in [0, 0.05) is 47.4 Å². The zero-order valence-corrected chi connectivity index (χ0v) is 12.5. The molecule has 0 aliphatic carbocycles.